The van der Waals surface area contributed by atoms with Crippen LogP contribution in [0.5, 0.6) is 5.75 Å². The molecule has 1 aromatic carbocycles. The molecule has 22 heavy (non-hydrogen) atoms. The number of nitrogens with two attached hydrogens (primary N) is 1. The Morgan fingerprint density at radius 3 is 2.95 bits per heavy atom. The first-order chi connectivity index (χ1) is 10.4. The molecule has 1 aromatic rings. The third-order valence-corrected chi connectivity index (χ3v) is 3.77. The Kier molecular flexibility index (Phi) is 5.20. The number of ether oxygens (including phenoxy) is 1. The van der Waals surface area contributed by atoms with E-state index in [-0.39, 0.29) is 28.4 Å². The van der Waals surface area contributed by atoms with E-state index in [0.717, 1.165) is 12.8 Å². The largest absolute Gasteiger partial charge is 0.474 e. The van der Waals surface area contributed by atoms with E-state index in [9.17, 15) is 14.9 Å². The standard InChI is InChI=1S/C14H18ClN3O4/c1-9(14(19)17-6-2-3-11(16)8-17)22-13-5-4-10(15)7-12(13)18(20)21/h4-5,7,9,11H,2-3,6,8,16H2,1H3. The highest BCUT2D eigenvalue weighted by molar-refractivity contribution is 6.30. The predicted molar refractivity (Wildman–Crippen MR) is 82.0 cm³/mol. The van der Waals surface area contributed by atoms with E-state index in [1.54, 1.807) is 11.8 Å². The number of piperidine rings is 1. The van der Waals surface area contributed by atoms with E-state index in [0.29, 0.717) is 13.1 Å². The Hall–Kier alpha value is -1.86. The lowest BCUT2D eigenvalue weighted by Crippen LogP contribution is -2.49. The van der Waals surface area contributed by atoms with Gasteiger partial charge in [-0.1, -0.05) is 11.6 Å². The SMILES string of the molecule is CC(Oc1ccc(Cl)cc1[N+](=O)[O-])C(=O)N1CCCC(N)C1. The zero-order valence-corrected chi connectivity index (χ0v) is 13.0. The summed E-state index contributed by atoms with van der Waals surface area (Å²) in [7, 11) is 0. The lowest BCUT2D eigenvalue weighted by atomic mass is 10.1. The number of amides is 1. The van der Waals surface area contributed by atoms with Crippen molar-refractivity contribution >= 4 is 23.2 Å². The van der Waals surface area contributed by atoms with Crippen LogP contribution in [0, 0.1) is 10.1 Å². The molecule has 1 aliphatic rings. The fourth-order valence-electron chi connectivity index (χ4n) is 2.44. The molecule has 1 heterocycles. The van der Waals surface area contributed by atoms with Gasteiger partial charge in [0.05, 0.1) is 4.92 Å². The summed E-state index contributed by atoms with van der Waals surface area (Å²) in [4.78, 5) is 24.4. The van der Waals surface area contributed by atoms with Gasteiger partial charge >= 0.3 is 5.69 Å². The molecule has 2 unspecified atom stereocenters. The number of benzene rings is 1. The Morgan fingerprint density at radius 1 is 1.59 bits per heavy atom. The third kappa shape index (κ3) is 3.86. The van der Waals surface area contributed by atoms with Gasteiger partial charge in [0.15, 0.2) is 11.9 Å². The number of likely N-dealkylation sites (tertiary alicyclic amines) is 1. The van der Waals surface area contributed by atoms with Gasteiger partial charge < -0.3 is 15.4 Å². The van der Waals surface area contributed by atoms with Gasteiger partial charge in [0.2, 0.25) is 0 Å². The van der Waals surface area contributed by atoms with Crippen molar-refractivity contribution in [2.24, 2.45) is 5.73 Å². The molecule has 0 aromatic heterocycles. The van der Waals surface area contributed by atoms with Crippen molar-refractivity contribution in [3.63, 3.8) is 0 Å². The molecule has 2 rings (SSSR count). The summed E-state index contributed by atoms with van der Waals surface area (Å²) >= 11 is 5.75. The lowest BCUT2D eigenvalue weighted by molar-refractivity contribution is -0.386. The van der Waals surface area contributed by atoms with Crippen molar-refractivity contribution in [1.82, 2.24) is 4.90 Å². The predicted octanol–water partition coefficient (Wildman–Crippen LogP) is 1.97. The van der Waals surface area contributed by atoms with Crippen LogP contribution in [0.2, 0.25) is 5.02 Å². The van der Waals surface area contributed by atoms with Crippen molar-refractivity contribution in [3.05, 3.63) is 33.3 Å². The van der Waals surface area contributed by atoms with Gasteiger partial charge in [-0.25, -0.2) is 0 Å². The summed E-state index contributed by atoms with van der Waals surface area (Å²) in [5, 5.41) is 11.3. The quantitative estimate of drug-likeness (QED) is 0.673. The number of nitro benzene ring substituents is 1. The Labute approximate surface area is 133 Å². The summed E-state index contributed by atoms with van der Waals surface area (Å²) in [5.41, 5.74) is 5.60. The van der Waals surface area contributed by atoms with Gasteiger partial charge in [0, 0.05) is 30.2 Å². The second kappa shape index (κ2) is 6.93. The van der Waals surface area contributed by atoms with E-state index in [2.05, 4.69) is 0 Å². The number of rotatable bonds is 4. The normalized spacial score (nSPS) is 19.6. The molecular formula is C14H18ClN3O4. The van der Waals surface area contributed by atoms with Gasteiger partial charge in [0.25, 0.3) is 5.91 Å². The summed E-state index contributed by atoms with van der Waals surface area (Å²) < 4.78 is 5.48. The Morgan fingerprint density at radius 2 is 2.32 bits per heavy atom. The number of carbonyl (C=O) groups is 1. The van der Waals surface area contributed by atoms with Crippen LogP contribution in [0.25, 0.3) is 0 Å². The first kappa shape index (κ1) is 16.5. The fourth-order valence-corrected chi connectivity index (χ4v) is 2.61. The van der Waals surface area contributed by atoms with Crippen LogP contribution >= 0.6 is 11.6 Å². The van der Waals surface area contributed by atoms with Gasteiger partial charge in [0.1, 0.15) is 0 Å². The van der Waals surface area contributed by atoms with Gasteiger partial charge in [-0.05, 0) is 31.9 Å². The van der Waals surface area contributed by atoms with E-state index in [4.69, 9.17) is 22.1 Å². The summed E-state index contributed by atoms with van der Waals surface area (Å²) in [6.07, 6.45) is 0.910. The number of halogens is 1. The van der Waals surface area contributed by atoms with E-state index in [1.807, 2.05) is 0 Å². The summed E-state index contributed by atoms with van der Waals surface area (Å²) in [6.45, 7) is 2.68. The molecule has 0 bridgehead atoms. The molecule has 1 amide bonds. The lowest BCUT2D eigenvalue weighted by Gasteiger charge is -2.32. The molecule has 1 aliphatic heterocycles. The fraction of sp³-hybridized carbons (Fsp3) is 0.500. The van der Waals surface area contributed by atoms with Crippen LogP contribution in [-0.2, 0) is 4.79 Å². The van der Waals surface area contributed by atoms with Gasteiger partial charge in [-0.3, -0.25) is 14.9 Å². The van der Waals surface area contributed by atoms with Crippen molar-refractivity contribution < 1.29 is 14.5 Å². The molecule has 0 radical (unpaired) electrons. The molecule has 2 N–H and O–H groups in total. The molecular weight excluding hydrogens is 310 g/mol. The number of hydrogen-bond donors (Lipinski definition) is 1. The maximum absolute atomic E-state index is 12.3. The number of carbonyl (C=O) groups excluding carboxylic acids is 1. The van der Waals surface area contributed by atoms with Gasteiger partial charge in [-0.15, -0.1) is 0 Å². The second-order valence-electron chi connectivity index (χ2n) is 5.32. The summed E-state index contributed by atoms with van der Waals surface area (Å²) in [5.74, 6) is -0.198. The minimum atomic E-state index is -0.829. The highest BCUT2D eigenvalue weighted by Crippen LogP contribution is 2.30. The molecule has 120 valence electrons. The number of nitro groups is 1. The smallest absolute Gasteiger partial charge is 0.312 e. The highest BCUT2D eigenvalue weighted by Gasteiger charge is 2.28. The first-order valence-corrected chi connectivity index (χ1v) is 7.41. The topological polar surface area (TPSA) is 98.7 Å². The molecule has 7 nitrogen and oxygen atoms in total. The summed E-state index contributed by atoms with van der Waals surface area (Å²) in [6, 6.07) is 4.05. The first-order valence-electron chi connectivity index (χ1n) is 7.03. The Bertz CT molecular complexity index is 581. The molecule has 2 atom stereocenters. The van der Waals surface area contributed by atoms with E-state index < -0.39 is 11.0 Å². The van der Waals surface area contributed by atoms with Crippen LogP contribution in [0.3, 0.4) is 0 Å². The van der Waals surface area contributed by atoms with Crippen LogP contribution in [0.1, 0.15) is 19.8 Å². The molecule has 0 saturated carbocycles. The molecule has 0 aliphatic carbocycles. The van der Waals surface area contributed by atoms with E-state index in [1.165, 1.54) is 18.2 Å². The average molecular weight is 328 g/mol. The average Bonchev–Trinajstić information content (AvgIpc) is 2.48. The van der Waals surface area contributed by atoms with Crippen LogP contribution in [0.15, 0.2) is 18.2 Å². The number of nitrogens with zero attached hydrogens (tertiary/aromatic N) is 2. The minimum absolute atomic E-state index is 0.0246. The van der Waals surface area contributed by atoms with Crippen LogP contribution in [-0.4, -0.2) is 41.0 Å². The maximum atomic E-state index is 12.3. The van der Waals surface area contributed by atoms with Crippen molar-refractivity contribution in [2.75, 3.05) is 13.1 Å². The van der Waals surface area contributed by atoms with Crippen LogP contribution < -0.4 is 10.5 Å². The second-order valence-corrected chi connectivity index (χ2v) is 5.75. The molecule has 0 spiro atoms. The monoisotopic (exact) mass is 327 g/mol. The zero-order chi connectivity index (χ0) is 16.3. The third-order valence-electron chi connectivity index (χ3n) is 3.54. The van der Waals surface area contributed by atoms with E-state index >= 15 is 0 Å². The molecule has 8 heteroatoms. The molecule has 1 saturated heterocycles. The van der Waals surface area contributed by atoms with Gasteiger partial charge in [-0.2, -0.15) is 0 Å². The zero-order valence-electron chi connectivity index (χ0n) is 12.2. The highest BCUT2D eigenvalue weighted by atomic mass is 35.5. The van der Waals surface area contributed by atoms with Crippen molar-refractivity contribution in [2.45, 2.75) is 31.9 Å². The van der Waals surface area contributed by atoms with Crippen LogP contribution in [0.4, 0.5) is 5.69 Å². The van der Waals surface area contributed by atoms with Crippen molar-refractivity contribution in [3.8, 4) is 5.75 Å². The Balaban J connectivity index is 2.10. The number of hydrogen-bond acceptors (Lipinski definition) is 5. The van der Waals surface area contributed by atoms with Crippen molar-refractivity contribution in [1.29, 1.82) is 0 Å². The minimum Gasteiger partial charge on any atom is -0.474 e. The maximum Gasteiger partial charge on any atom is 0.312 e. The molecule has 1 fully saturated rings.